The number of hydrogen-bond acceptors (Lipinski definition) is 6. The van der Waals surface area contributed by atoms with Gasteiger partial charge in [0.05, 0.1) is 6.61 Å². The molecule has 0 saturated heterocycles. The molecule has 1 N–H and O–H groups in total. The Morgan fingerprint density at radius 1 is 1.18 bits per heavy atom. The second-order valence-corrected chi connectivity index (χ2v) is 6.25. The Kier molecular flexibility index (Phi) is 4.94. The molecule has 1 amide bonds. The van der Waals surface area contributed by atoms with E-state index in [-0.39, 0.29) is 31.7 Å². The van der Waals surface area contributed by atoms with Crippen LogP contribution in [0.25, 0.3) is 11.3 Å². The van der Waals surface area contributed by atoms with Gasteiger partial charge in [-0.3, -0.25) is 4.79 Å². The van der Waals surface area contributed by atoms with Gasteiger partial charge in [-0.25, -0.2) is 4.39 Å². The number of aryl methyl sites for hydroxylation is 1. The van der Waals surface area contributed by atoms with E-state index in [0.717, 1.165) is 5.56 Å². The van der Waals surface area contributed by atoms with Crippen LogP contribution < -0.4 is 14.8 Å². The van der Waals surface area contributed by atoms with Crippen LogP contribution in [0.2, 0.25) is 0 Å². The highest BCUT2D eigenvalue weighted by Crippen LogP contribution is 2.36. The third-order valence-electron chi connectivity index (χ3n) is 4.16. The number of nitrogens with one attached hydrogen (secondary N) is 1. The van der Waals surface area contributed by atoms with Crippen molar-refractivity contribution in [3.8, 4) is 22.8 Å². The van der Waals surface area contributed by atoms with E-state index < -0.39 is 0 Å². The molecule has 0 spiro atoms. The minimum absolute atomic E-state index is 0.115. The third-order valence-corrected chi connectivity index (χ3v) is 4.16. The van der Waals surface area contributed by atoms with Crippen molar-refractivity contribution in [2.24, 2.45) is 0 Å². The maximum atomic E-state index is 13.1. The van der Waals surface area contributed by atoms with Gasteiger partial charge in [0.2, 0.25) is 12.7 Å². The maximum Gasteiger partial charge on any atom is 0.250 e. The minimum atomic E-state index is -0.351. The van der Waals surface area contributed by atoms with E-state index in [9.17, 15) is 9.18 Å². The lowest BCUT2D eigenvalue weighted by Crippen LogP contribution is -2.18. The van der Waals surface area contributed by atoms with Gasteiger partial charge in [0.1, 0.15) is 18.1 Å². The summed E-state index contributed by atoms with van der Waals surface area (Å²) in [7, 11) is 0. The predicted octanol–water partition coefficient (Wildman–Crippen LogP) is 3.67. The molecule has 0 saturated carbocycles. The van der Waals surface area contributed by atoms with Gasteiger partial charge in [-0.2, -0.15) is 0 Å². The van der Waals surface area contributed by atoms with Crippen molar-refractivity contribution in [2.45, 2.75) is 13.5 Å². The number of fused-ring (bicyclic) bond motifs is 1. The van der Waals surface area contributed by atoms with Crippen molar-refractivity contribution in [3.05, 3.63) is 59.5 Å². The molecule has 28 heavy (non-hydrogen) atoms. The van der Waals surface area contributed by atoms with Crippen molar-refractivity contribution in [2.75, 3.05) is 18.7 Å². The van der Waals surface area contributed by atoms with Gasteiger partial charge >= 0.3 is 0 Å². The zero-order valence-electron chi connectivity index (χ0n) is 15.0. The van der Waals surface area contributed by atoms with E-state index in [1.165, 1.54) is 18.2 Å². The number of carbonyl (C=O) groups excluding carboxylic acids is 1. The number of hydrogen-bond donors (Lipinski definition) is 1. The number of aromatic nitrogens is 1. The number of nitrogens with zero attached hydrogens (tertiary/aromatic N) is 1. The lowest BCUT2D eigenvalue weighted by atomic mass is 10.1. The molecule has 2 aromatic carbocycles. The first kappa shape index (κ1) is 18.0. The Bertz CT molecular complexity index is 1020. The van der Waals surface area contributed by atoms with Crippen LogP contribution in [0, 0.1) is 12.7 Å². The topological polar surface area (TPSA) is 82.8 Å². The van der Waals surface area contributed by atoms with Crippen molar-refractivity contribution in [1.29, 1.82) is 0 Å². The Balaban J connectivity index is 1.30. The van der Waals surface area contributed by atoms with Gasteiger partial charge in [0.25, 0.3) is 0 Å². The third kappa shape index (κ3) is 3.96. The summed E-state index contributed by atoms with van der Waals surface area (Å²) < 4.78 is 34.4. The summed E-state index contributed by atoms with van der Waals surface area (Å²) in [6.07, 6.45) is 0. The van der Waals surface area contributed by atoms with Gasteiger partial charge in [0.15, 0.2) is 17.3 Å². The Hall–Kier alpha value is -3.39. The summed E-state index contributed by atoms with van der Waals surface area (Å²) in [5, 5.41) is 6.62. The lowest BCUT2D eigenvalue weighted by molar-refractivity contribution is -0.121. The van der Waals surface area contributed by atoms with Gasteiger partial charge < -0.3 is 24.1 Å². The first-order valence-corrected chi connectivity index (χ1v) is 8.58. The lowest BCUT2D eigenvalue weighted by Gasteiger charge is -2.08. The van der Waals surface area contributed by atoms with Crippen LogP contribution in [-0.2, 0) is 16.1 Å². The molecular formula is C20H17FN2O5. The zero-order chi connectivity index (χ0) is 19.5. The fourth-order valence-electron chi connectivity index (χ4n) is 2.77. The van der Waals surface area contributed by atoms with Crippen LogP contribution >= 0.6 is 0 Å². The van der Waals surface area contributed by atoms with Crippen molar-refractivity contribution < 1.29 is 27.9 Å². The maximum absolute atomic E-state index is 13.1. The summed E-state index contributed by atoms with van der Waals surface area (Å²) in [6, 6.07) is 11.3. The van der Waals surface area contributed by atoms with Gasteiger partial charge in [0, 0.05) is 17.3 Å². The highest BCUT2D eigenvalue weighted by molar-refractivity contribution is 5.92. The number of rotatable bonds is 6. The highest BCUT2D eigenvalue weighted by atomic mass is 19.1. The van der Waals surface area contributed by atoms with E-state index in [2.05, 4.69) is 10.5 Å². The molecule has 8 heteroatoms. The molecule has 4 rings (SSSR count). The Morgan fingerprint density at radius 3 is 2.89 bits per heavy atom. The summed E-state index contributed by atoms with van der Waals surface area (Å²) >= 11 is 0. The minimum Gasteiger partial charge on any atom is -0.454 e. The molecular weight excluding hydrogens is 367 g/mol. The molecule has 1 aliphatic heterocycles. The molecule has 0 atom stereocenters. The van der Waals surface area contributed by atoms with Crippen molar-refractivity contribution in [1.82, 2.24) is 5.16 Å². The van der Waals surface area contributed by atoms with Crippen LogP contribution in [0.4, 0.5) is 10.1 Å². The SMILES string of the molecule is Cc1cc(F)ccc1NC(=O)COCc1cc(-c2ccc3c(c2)OCO3)on1. The van der Waals surface area contributed by atoms with Crippen LogP contribution in [0.15, 0.2) is 47.0 Å². The first-order chi connectivity index (χ1) is 13.6. The van der Waals surface area contributed by atoms with Gasteiger partial charge in [-0.1, -0.05) is 5.16 Å². The fraction of sp³-hybridized carbons (Fsp3) is 0.200. The van der Waals surface area contributed by atoms with E-state index in [1.807, 2.05) is 12.1 Å². The Morgan fingerprint density at radius 2 is 2.04 bits per heavy atom. The molecule has 3 aromatic rings. The van der Waals surface area contributed by atoms with Crippen LogP contribution in [0.3, 0.4) is 0 Å². The highest BCUT2D eigenvalue weighted by Gasteiger charge is 2.16. The number of benzene rings is 2. The van der Waals surface area contributed by atoms with E-state index in [4.69, 9.17) is 18.7 Å². The van der Waals surface area contributed by atoms with Crippen LogP contribution in [-0.4, -0.2) is 24.5 Å². The number of halogens is 1. The van der Waals surface area contributed by atoms with Crippen molar-refractivity contribution in [3.63, 3.8) is 0 Å². The van der Waals surface area contributed by atoms with Crippen LogP contribution in [0.5, 0.6) is 11.5 Å². The molecule has 0 fully saturated rings. The van der Waals surface area contributed by atoms with E-state index >= 15 is 0 Å². The molecule has 1 aliphatic rings. The number of amides is 1. The summed E-state index contributed by atoms with van der Waals surface area (Å²) in [4.78, 5) is 12.0. The standard InChI is InChI=1S/C20H17FN2O5/c1-12-6-14(21)3-4-16(12)22-20(24)10-25-9-15-8-18(28-23-15)13-2-5-17-19(7-13)27-11-26-17/h2-8H,9-11H2,1H3,(H,22,24). The predicted molar refractivity (Wildman–Crippen MR) is 97.5 cm³/mol. The van der Waals surface area contributed by atoms with Gasteiger partial charge in [-0.05, 0) is 48.9 Å². The average Bonchev–Trinajstić information content (AvgIpc) is 3.32. The summed E-state index contributed by atoms with van der Waals surface area (Å²) in [5.41, 5.74) is 2.53. The number of ether oxygens (including phenoxy) is 3. The summed E-state index contributed by atoms with van der Waals surface area (Å²) in [5.74, 6) is 1.21. The Labute approximate surface area is 160 Å². The molecule has 0 bridgehead atoms. The largest absolute Gasteiger partial charge is 0.454 e. The zero-order valence-corrected chi connectivity index (χ0v) is 15.0. The molecule has 1 aromatic heterocycles. The van der Waals surface area contributed by atoms with E-state index in [1.54, 1.807) is 19.1 Å². The second kappa shape index (κ2) is 7.69. The molecule has 7 nitrogen and oxygen atoms in total. The second-order valence-electron chi connectivity index (χ2n) is 6.25. The fourth-order valence-corrected chi connectivity index (χ4v) is 2.77. The molecule has 0 unspecified atom stereocenters. The quantitative estimate of drug-likeness (QED) is 0.698. The molecule has 144 valence electrons. The monoisotopic (exact) mass is 384 g/mol. The van der Waals surface area contributed by atoms with E-state index in [0.29, 0.717) is 34.2 Å². The molecule has 0 aliphatic carbocycles. The van der Waals surface area contributed by atoms with Crippen LogP contribution in [0.1, 0.15) is 11.3 Å². The number of anilines is 1. The smallest absolute Gasteiger partial charge is 0.250 e. The van der Waals surface area contributed by atoms with Gasteiger partial charge in [-0.15, -0.1) is 0 Å². The average molecular weight is 384 g/mol. The first-order valence-electron chi connectivity index (χ1n) is 8.58. The molecule has 2 heterocycles. The summed E-state index contributed by atoms with van der Waals surface area (Å²) in [6.45, 7) is 1.87. The normalized spacial score (nSPS) is 12.2. The number of carbonyl (C=O) groups is 1. The molecule has 0 radical (unpaired) electrons. The van der Waals surface area contributed by atoms with Crippen molar-refractivity contribution >= 4 is 11.6 Å².